The molecule has 0 atom stereocenters. The second kappa shape index (κ2) is 8.36. The van der Waals surface area contributed by atoms with E-state index in [2.05, 4.69) is 19.9 Å². The van der Waals surface area contributed by atoms with Crippen LogP contribution in [0.1, 0.15) is 29.8 Å². The highest BCUT2D eigenvalue weighted by atomic mass is 16.1. The molecule has 2 aromatic heterocycles. The Morgan fingerprint density at radius 3 is 2.50 bits per heavy atom. The maximum Gasteiger partial charge on any atom is 0.268 e. The predicted molar refractivity (Wildman–Crippen MR) is 106 cm³/mol. The first kappa shape index (κ1) is 19.0. The molecule has 0 spiro atoms. The Bertz CT molecular complexity index is 942. The fourth-order valence-electron chi connectivity index (χ4n) is 4.05. The number of nitrogens with zero attached hydrogens (tertiary/aromatic N) is 6. The molecule has 4 rings (SSSR count). The van der Waals surface area contributed by atoms with Crippen LogP contribution < -0.4 is 11.1 Å². The van der Waals surface area contributed by atoms with Gasteiger partial charge in [-0.15, -0.1) is 0 Å². The molecule has 0 saturated carbocycles. The number of hydrogen-bond acceptors (Lipinski definition) is 6. The molecule has 150 valence electrons. The van der Waals surface area contributed by atoms with Crippen LogP contribution in [0, 0.1) is 0 Å². The van der Waals surface area contributed by atoms with Crippen molar-refractivity contribution in [3.05, 3.63) is 56.1 Å². The molecule has 1 aliphatic heterocycles. The minimum atomic E-state index is -0.0703. The molecule has 3 heterocycles. The minimum absolute atomic E-state index is 0.0248. The van der Waals surface area contributed by atoms with Gasteiger partial charge in [0, 0.05) is 58.6 Å². The van der Waals surface area contributed by atoms with Gasteiger partial charge in [0.1, 0.15) is 0 Å². The van der Waals surface area contributed by atoms with Gasteiger partial charge >= 0.3 is 0 Å². The molecule has 0 aromatic carbocycles. The third-order valence-electron chi connectivity index (χ3n) is 5.92. The average molecular weight is 384 g/mol. The van der Waals surface area contributed by atoms with Crippen molar-refractivity contribution in [2.45, 2.75) is 38.8 Å². The van der Waals surface area contributed by atoms with Crippen molar-refractivity contribution in [2.24, 2.45) is 7.05 Å². The van der Waals surface area contributed by atoms with E-state index in [0.717, 1.165) is 75.5 Å². The van der Waals surface area contributed by atoms with Gasteiger partial charge in [0.05, 0.1) is 24.1 Å². The van der Waals surface area contributed by atoms with Crippen molar-refractivity contribution in [3.63, 3.8) is 0 Å². The third-order valence-corrected chi connectivity index (χ3v) is 5.92. The van der Waals surface area contributed by atoms with E-state index in [0.29, 0.717) is 6.54 Å². The van der Waals surface area contributed by atoms with Crippen molar-refractivity contribution in [1.82, 2.24) is 29.1 Å². The zero-order valence-corrected chi connectivity index (χ0v) is 16.5. The van der Waals surface area contributed by atoms with Crippen LogP contribution in [-0.4, -0.2) is 61.9 Å². The van der Waals surface area contributed by atoms with Gasteiger partial charge < -0.3 is 4.57 Å². The lowest BCUT2D eigenvalue weighted by atomic mass is 9.97. The SMILES string of the molecule is Cn1c(CN2CCN(CCn3nc4c(cc3=O)CCCC4)CC2)cncc1=O. The van der Waals surface area contributed by atoms with E-state index in [1.54, 1.807) is 28.6 Å². The summed E-state index contributed by atoms with van der Waals surface area (Å²) >= 11 is 0. The van der Waals surface area contributed by atoms with Crippen molar-refractivity contribution in [3.8, 4) is 0 Å². The number of aryl methyl sites for hydroxylation is 2. The molecule has 1 aliphatic carbocycles. The van der Waals surface area contributed by atoms with E-state index in [-0.39, 0.29) is 11.1 Å². The summed E-state index contributed by atoms with van der Waals surface area (Å²) in [5, 5.41) is 4.61. The summed E-state index contributed by atoms with van der Waals surface area (Å²) in [5.74, 6) is 0. The molecule has 28 heavy (non-hydrogen) atoms. The highest BCUT2D eigenvalue weighted by Gasteiger charge is 2.19. The van der Waals surface area contributed by atoms with E-state index < -0.39 is 0 Å². The number of aromatic nitrogens is 4. The van der Waals surface area contributed by atoms with Crippen LogP contribution in [0.4, 0.5) is 0 Å². The normalized spacial score (nSPS) is 18.2. The second-order valence-corrected chi connectivity index (χ2v) is 7.80. The Balaban J connectivity index is 1.30. The quantitative estimate of drug-likeness (QED) is 0.724. The average Bonchev–Trinajstić information content (AvgIpc) is 2.71. The lowest BCUT2D eigenvalue weighted by Crippen LogP contribution is -2.47. The standard InChI is InChI=1S/C20H28N6O2/c1-23-17(13-21-14-20(23)28)15-25-8-6-24(7-9-25)10-11-26-19(27)12-16-4-2-3-5-18(16)22-26/h12-14H,2-11,15H2,1H3. The number of hydrogen-bond donors (Lipinski definition) is 0. The predicted octanol–water partition coefficient (Wildman–Crippen LogP) is 0.0336. The molecule has 0 radical (unpaired) electrons. The monoisotopic (exact) mass is 384 g/mol. The van der Waals surface area contributed by atoms with Crippen LogP contribution in [0.15, 0.2) is 28.0 Å². The molecule has 1 saturated heterocycles. The first-order valence-corrected chi connectivity index (χ1v) is 10.1. The first-order valence-electron chi connectivity index (χ1n) is 10.1. The van der Waals surface area contributed by atoms with Gasteiger partial charge in [-0.1, -0.05) is 0 Å². The first-order chi connectivity index (χ1) is 13.6. The minimum Gasteiger partial charge on any atom is -0.312 e. The van der Waals surface area contributed by atoms with Gasteiger partial charge in [0.15, 0.2) is 0 Å². The van der Waals surface area contributed by atoms with Crippen LogP contribution >= 0.6 is 0 Å². The maximum absolute atomic E-state index is 12.3. The van der Waals surface area contributed by atoms with Gasteiger partial charge in [0.25, 0.3) is 11.1 Å². The summed E-state index contributed by atoms with van der Waals surface area (Å²) in [6, 6.07) is 1.79. The zero-order chi connectivity index (χ0) is 19.5. The summed E-state index contributed by atoms with van der Waals surface area (Å²) in [7, 11) is 1.79. The molecule has 8 nitrogen and oxygen atoms in total. The van der Waals surface area contributed by atoms with Crippen LogP contribution in [0.5, 0.6) is 0 Å². The van der Waals surface area contributed by atoms with Crippen molar-refractivity contribution >= 4 is 0 Å². The lowest BCUT2D eigenvalue weighted by Gasteiger charge is -2.34. The van der Waals surface area contributed by atoms with E-state index in [4.69, 9.17) is 0 Å². The third kappa shape index (κ3) is 4.23. The Morgan fingerprint density at radius 2 is 1.68 bits per heavy atom. The molecule has 2 aliphatic rings. The summed E-state index contributed by atoms with van der Waals surface area (Å²) in [5.41, 5.74) is 3.14. The smallest absolute Gasteiger partial charge is 0.268 e. The summed E-state index contributed by atoms with van der Waals surface area (Å²) in [6.45, 7) is 6.00. The highest BCUT2D eigenvalue weighted by Crippen LogP contribution is 2.16. The summed E-state index contributed by atoms with van der Waals surface area (Å²) in [4.78, 5) is 32.8. The highest BCUT2D eigenvalue weighted by molar-refractivity contribution is 5.20. The molecule has 8 heteroatoms. The molecule has 0 N–H and O–H groups in total. The zero-order valence-electron chi connectivity index (χ0n) is 16.5. The molecule has 2 aromatic rings. The largest absolute Gasteiger partial charge is 0.312 e. The number of fused-ring (bicyclic) bond motifs is 1. The molecular weight excluding hydrogens is 356 g/mol. The fourth-order valence-corrected chi connectivity index (χ4v) is 4.05. The number of piperazine rings is 1. The van der Waals surface area contributed by atoms with E-state index in [1.165, 1.54) is 12.6 Å². The Kier molecular flexibility index (Phi) is 5.68. The number of rotatable bonds is 5. The van der Waals surface area contributed by atoms with Crippen LogP contribution in [0.3, 0.4) is 0 Å². The van der Waals surface area contributed by atoms with Gasteiger partial charge in [-0.05, 0) is 31.2 Å². The van der Waals surface area contributed by atoms with Crippen molar-refractivity contribution < 1.29 is 0 Å². The van der Waals surface area contributed by atoms with Crippen LogP contribution in [-0.2, 0) is 33.0 Å². The molecule has 0 amide bonds. The Morgan fingerprint density at radius 1 is 0.929 bits per heavy atom. The Labute approximate surface area is 164 Å². The summed E-state index contributed by atoms with van der Waals surface area (Å²) in [6.07, 6.45) is 7.42. The lowest BCUT2D eigenvalue weighted by molar-refractivity contribution is 0.120. The topological polar surface area (TPSA) is 76.3 Å². The van der Waals surface area contributed by atoms with E-state index in [1.807, 2.05) is 0 Å². The summed E-state index contributed by atoms with van der Waals surface area (Å²) < 4.78 is 3.30. The van der Waals surface area contributed by atoms with Crippen molar-refractivity contribution in [1.29, 1.82) is 0 Å². The molecule has 1 fully saturated rings. The van der Waals surface area contributed by atoms with Gasteiger partial charge in [0.2, 0.25) is 0 Å². The molecule has 0 unspecified atom stereocenters. The fraction of sp³-hybridized carbons (Fsp3) is 0.600. The van der Waals surface area contributed by atoms with Gasteiger partial charge in [-0.2, -0.15) is 5.10 Å². The van der Waals surface area contributed by atoms with Crippen LogP contribution in [0.2, 0.25) is 0 Å². The second-order valence-electron chi connectivity index (χ2n) is 7.80. The molecule has 0 bridgehead atoms. The van der Waals surface area contributed by atoms with E-state index in [9.17, 15) is 9.59 Å². The van der Waals surface area contributed by atoms with Gasteiger partial charge in [-0.3, -0.25) is 24.4 Å². The maximum atomic E-state index is 12.3. The molecular formula is C20H28N6O2. The van der Waals surface area contributed by atoms with Gasteiger partial charge in [-0.25, -0.2) is 4.68 Å². The van der Waals surface area contributed by atoms with Crippen LogP contribution in [0.25, 0.3) is 0 Å². The Hall–Kier alpha value is -2.32. The van der Waals surface area contributed by atoms with E-state index >= 15 is 0 Å². The van der Waals surface area contributed by atoms with Crippen molar-refractivity contribution in [2.75, 3.05) is 32.7 Å².